The van der Waals surface area contributed by atoms with E-state index in [9.17, 15) is 4.79 Å². The van der Waals surface area contributed by atoms with Gasteiger partial charge in [-0.2, -0.15) is 0 Å². The molecule has 4 aliphatic rings. The van der Waals surface area contributed by atoms with Gasteiger partial charge < -0.3 is 14.6 Å². The fourth-order valence-corrected chi connectivity index (χ4v) is 5.16. The van der Waals surface area contributed by atoms with E-state index in [1.165, 1.54) is 0 Å². The zero-order valence-electron chi connectivity index (χ0n) is 10.4. The number of aliphatic hydroxyl groups excluding tert-OH is 1. The normalized spacial score (nSPS) is 43.7. The van der Waals surface area contributed by atoms with Gasteiger partial charge in [-0.1, -0.05) is 31.9 Å². The quantitative estimate of drug-likeness (QED) is 0.439. The summed E-state index contributed by atoms with van der Waals surface area (Å²) >= 11 is 7.13. The largest absolute Gasteiger partial charge is 0.396 e. The summed E-state index contributed by atoms with van der Waals surface area (Å²) in [4.78, 5) is 12.6. The minimum absolute atomic E-state index is 0.0854. The van der Waals surface area contributed by atoms with Crippen molar-refractivity contribution < 1.29 is 19.4 Å². The van der Waals surface area contributed by atoms with Crippen LogP contribution in [0.15, 0.2) is 10.6 Å². The predicted molar refractivity (Wildman–Crippen MR) is 76.5 cm³/mol. The number of aliphatic hydroxyl groups is 1. The highest BCUT2D eigenvalue weighted by Gasteiger charge is 2.71. The molecule has 0 aromatic heterocycles. The second-order valence-electron chi connectivity index (χ2n) is 5.38. The van der Waals surface area contributed by atoms with Gasteiger partial charge in [-0.05, 0) is 29.8 Å². The molecule has 0 aromatic carbocycles. The Bertz CT molecular complexity index is 432. The Morgan fingerprint density at radius 2 is 2.26 bits per heavy atom. The Morgan fingerprint density at radius 1 is 1.53 bits per heavy atom. The van der Waals surface area contributed by atoms with Crippen LogP contribution >= 0.6 is 31.9 Å². The first-order chi connectivity index (χ1) is 9.04. The van der Waals surface area contributed by atoms with Crippen molar-refractivity contribution in [3.05, 3.63) is 10.6 Å². The number of halogens is 2. The molecule has 2 fully saturated rings. The van der Waals surface area contributed by atoms with Crippen LogP contribution in [0.5, 0.6) is 0 Å². The minimum Gasteiger partial charge on any atom is -0.396 e. The standard InChI is InChI=1S/C13H16Br2O4/c14-9-6-12(15)10(18-4-2-1-3-16)5-8(9)13(7-19-13)11(12)17/h6,8,10,16H,1-5,7H2/t8-,10-,12+,13-/m0/s1. The molecule has 6 heteroatoms. The van der Waals surface area contributed by atoms with E-state index in [1.54, 1.807) is 0 Å². The average Bonchev–Trinajstić information content (AvgIpc) is 3.15. The van der Waals surface area contributed by atoms with Crippen molar-refractivity contribution in [1.29, 1.82) is 0 Å². The van der Waals surface area contributed by atoms with E-state index in [4.69, 9.17) is 14.6 Å². The zero-order valence-corrected chi connectivity index (χ0v) is 13.6. The van der Waals surface area contributed by atoms with Gasteiger partial charge in [0.2, 0.25) is 0 Å². The second kappa shape index (κ2) is 4.91. The molecule has 4 rings (SSSR count). The van der Waals surface area contributed by atoms with Crippen LogP contribution in [-0.4, -0.2) is 46.7 Å². The summed E-state index contributed by atoms with van der Waals surface area (Å²) in [6.07, 6.45) is 4.09. The third-order valence-electron chi connectivity index (χ3n) is 4.22. The summed E-state index contributed by atoms with van der Waals surface area (Å²) < 4.78 is 11.6. The van der Waals surface area contributed by atoms with Gasteiger partial charge in [0.15, 0.2) is 11.4 Å². The van der Waals surface area contributed by atoms with Gasteiger partial charge in [-0.15, -0.1) is 0 Å². The lowest BCUT2D eigenvalue weighted by atomic mass is 9.66. The summed E-state index contributed by atoms with van der Waals surface area (Å²) in [5.41, 5.74) is -0.609. The highest BCUT2D eigenvalue weighted by Crippen LogP contribution is 2.59. The maximum atomic E-state index is 12.6. The Labute approximate surface area is 128 Å². The molecule has 19 heavy (non-hydrogen) atoms. The predicted octanol–water partition coefficient (Wildman–Crippen LogP) is 1.93. The summed E-state index contributed by atoms with van der Waals surface area (Å²) in [6, 6.07) is 0. The molecule has 0 unspecified atom stereocenters. The van der Waals surface area contributed by atoms with Crippen molar-refractivity contribution in [3.8, 4) is 0 Å². The molecule has 0 radical (unpaired) electrons. The van der Waals surface area contributed by atoms with Gasteiger partial charge in [0, 0.05) is 19.1 Å². The SMILES string of the molecule is O=C1[C@@]2(Br)C=C(Br)[C@H](C[C@@H]2OCCCCO)[C@@]12CO2. The molecule has 0 aromatic rings. The van der Waals surface area contributed by atoms with Crippen LogP contribution in [0.2, 0.25) is 0 Å². The van der Waals surface area contributed by atoms with E-state index < -0.39 is 9.93 Å². The molecule has 1 saturated heterocycles. The number of hydrogen-bond donors (Lipinski definition) is 1. The second-order valence-corrected chi connectivity index (χ2v) is 7.61. The number of Topliss-reactive ketones (excluding diaryl/α,β-unsaturated/α-hetero) is 1. The molecule has 4 atom stereocenters. The fourth-order valence-electron chi connectivity index (χ4n) is 3.04. The molecular weight excluding hydrogens is 380 g/mol. The first-order valence-electron chi connectivity index (χ1n) is 6.53. The molecule has 4 nitrogen and oxygen atoms in total. The topological polar surface area (TPSA) is 59.1 Å². The molecule has 1 heterocycles. The lowest BCUT2D eigenvalue weighted by Gasteiger charge is -2.47. The molecular formula is C13H16Br2O4. The molecule has 1 aliphatic heterocycles. The lowest BCUT2D eigenvalue weighted by molar-refractivity contribution is -0.137. The highest BCUT2D eigenvalue weighted by molar-refractivity contribution is 9.12. The minimum atomic E-state index is -0.768. The number of rotatable bonds is 5. The smallest absolute Gasteiger partial charge is 0.190 e. The van der Waals surface area contributed by atoms with Crippen molar-refractivity contribution in [3.63, 3.8) is 0 Å². The number of unbranched alkanes of at least 4 members (excludes halogenated alkanes) is 1. The summed E-state index contributed by atoms with van der Waals surface area (Å²) in [7, 11) is 0. The van der Waals surface area contributed by atoms with Crippen LogP contribution in [0, 0.1) is 5.92 Å². The number of ether oxygens (including phenoxy) is 2. The van der Waals surface area contributed by atoms with Crippen LogP contribution in [0.1, 0.15) is 19.3 Å². The van der Waals surface area contributed by atoms with E-state index in [1.807, 2.05) is 6.08 Å². The highest BCUT2D eigenvalue weighted by atomic mass is 79.9. The summed E-state index contributed by atoms with van der Waals surface area (Å²) in [5.74, 6) is 0.175. The Morgan fingerprint density at radius 3 is 2.89 bits per heavy atom. The Kier molecular flexibility index (Phi) is 3.67. The van der Waals surface area contributed by atoms with Crippen molar-refractivity contribution in [1.82, 2.24) is 0 Å². The molecule has 106 valence electrons. The lowest BCUT2D eigenvalue weighted by Crippen LogP contribution is -2.62. The van der Waals surface area contributed by atoms with Gasteiger partial charge in [0.05, 0.1) is 12.7 Å². The van der Waals surface area contributed by atoms with E-state index in [0.717, 1.165) is 23.7 Å². The molecule has 0 amide bonds. The van der Waals surface area contributed by atoms with Crippen LogP contribution in [0.4, 0.5) is 0 Å². The van der Waals surface area contributed by atoms with E-state index in [2.05, 4.69) is 31.9 Å². The third kappa shape index (κ3) is 2.07. The van der Waals surface area contributed by atoms with E-state index in [0.29, 0.717) is 13.2 Å². The van der Waals surface area contributed by atoms with Gasteiger partial charge in [-0.25, -0.2) is 0 Å². The van der Waals surface area contributed by atoms with Crippen LogP contribution < -0.4 is 0 Å². The first-order valence-corrected chi connectivity index (χ1v) is 8.11. The van der Waals surface area contributed by atoms with E-state index >= 15 is 0 Å². The first kappa shape index (κ1) is 14.2. The van der Waals surface area contributed by atoms with Crippen molar-refractivity contribution >= 4 is 37.6 Å². The number of alkyl halides is 1. The Hall–Kier alpha value is 0.250. The Balaban J connectivity index is 1.74. The molecule has 3 aliphatic carbocycles. The number of ketones is 1. The van der Waals surface area contributed by atoms with Gasteiger partial charge in [0.25, 0.3) is 0 Å². The molecule has 2 bridgehead atoms. The summed E-state index contributed by atoms with van der Waals surface area (Å²) in [6.45, 7) is 1.26. The van der Waals surface area contributed by atoms with Gasteiger partial charge in [-0.3, -0.25) is 4.79 Å². The van der Waals surface area contributed by atoms with Crippen molar-refractivity contribution in [2.75, 3.05) is 19.8 Å². The zero-order chi connectivity index (χ0) is 13.7. The van der Waals surface area contributed by atoms with Crippen LogP contribution in [0.3, 0.4) is 0 Å². The maximum absolute atomic E-state index is 12.6. The van der Waals surface area contributed by atoms with Crippen LogP contribution in [-0.2, 0) is 14.3 Å². The number of hydrogen-bond acceptors (Lipinski definition) is 4. The van der Waals surface area contributed by atoms with Crippen LogP contribution in [0.25, 0.3) is 0 Å². The molecule has 1 spiro atoms. The monoisotopic (exact) mass is 394 g/mol. The number of fused-ring (bicyclic) bond motifs is 1. The maximum Gasteiger partial charge on any atom is 0.190 e. The summed E-state index contributed by atoms with van der Waals surface area (Å²) in [5, 5.41) is 8.76. The number of carbonyl (C=O) groups is 1. The average molecular weight is 396 g/mol. The van der Waals surface area contributed by atoms with Gasteiger partial charge >= 0.3 is 0 Å². The number of carbonyl (C=O) groups excluding carboxylic acids is 1. The van der Waals surface area contributed by atoms with Gasteiger partial charge in [0.1, 0.15) is 4.32 Å². The van der Waals surface area contributed by atoms with Crippen molar-refractivity contribution in [2.45, 2.75) is 35.3 Å². The fraction of sp³-hybridized carbons (Fsp3) is 0.769. The third-order valence-corrected chi connectivity index (χ3v) is 6.10. The van der Waals surface area contributed by atoms with Crippen molar-refractivity contribution in [2.24, 2.45) is 5.92 Å². The molecule has 1 saturated carbocycles. The van der Waals surface area contributed by atoms with E-state index in [-0.39, 0.29) is 24.4 Å². The molecule has 1 N–H and O–H groups in total. The number of epoxide rings is 1.